The van der Waals surface area contributed by atoms with E-state index < -0.39 is 0 Å². The molecule has 0 aliphatic carbocycles. The van der Waals surface area contributed by atoms with Crippen LogP contribution in [0.3, 0.4) is 0 Å². The molecule has 0 saturated heterocycles. The maximum Gasteiger partial charge on any atom is 0.243 e. The van der Waals surface area contributed by atoms with Crippen LogP contribution >= 0.6 is 0 Å². The summed E-state index contributed by atoms with van der Waals surface area (Å²) in [5.74, 6) is 1.14. The van der Waals surface area contributed by atoms with E-state index in [2.05, 4.69) is 11.4 Å². The molecule has 0 aliphatic heterocycles. The first kappa shape index (κ1) is 17.7. The summed E-state index contributed by atoms with van der Waals surface area (Å²) in [5.41, 5.74) is 2.89. The molecule has 0 heterocycles. The SMILES string of the molecule is CCN(CC(=O)Nc1ccc(OC)c(OC)c1)c1cccc(C)c1. The summed E-state index contributed by atoms with van der Waals surface area (Å²) in [5, 5.41) is 2.90. The highest BCUT2D eigenvalue weighted by Gasteiger charge is 2.12. The quantitative estimate of drug-likeness (QED) is 0.845. The number of methoxy groups -OCH3 is 2. The van der Waals surface area contributed by atoms with E-state index in [0.29, 0.717) is 17.2 Å². The number of carbonyl (C=O) groups is 1. The Morgan fingerprint density at radius 3 is 2.46 bits per heavy atom. The first-order chi connectivity index (χ1) is 11.6. The molecule has 2 aromatic carbocycles. The standard InChI is InChI=1S/C19H24N2O3/c1-5-21(16-8-6-7-14(2)11-16)13-19(22)20-15-9-10-17(23-3)18(12-15)24-4/h6-12H,5,13H2,1-4H3,(H,20,22). The van der Waals surface area contributed by atoms with Crippen molar-refractivity contribution in [2.75, 3.05) is 37.5 Å². The molecule has 0 aromatic heterocycles. The first-order valence-electron chi connectivity index (χ1n) is 7.90. The number of anilines is 2. The minimum absolute atomic E-state index is 0.0782. The van der Waals surface area contributed by atoms with E-state index in [4.69, 9.17) is 9.47 Å². The molecular formula is C19H24N2O3. The molecule has 0 bridgehead atoms. The van der Waals surface area contributed by atoms with Crippen molar-refractivity contribution in [1.82, 2.24) is 0 Å². The van der Waals surface area contributed by atoms with Gasteiger partial charge in [-0.25, -0.2) is 0 Å². The van der Waals surface area contributed by atoms with Crippen molar-refractivity contribution in [3.8, 4) is 11.5 Å². The van der Waals surface area contributed by atoms with Gasteiger partial charge >= 0.3 is 0 Å². The number of ether oxygens (including phenoxy) is 2. The van der Waals surface area contributed by atoms with Gasteiger partial charge in [-0.2, -0.15) is 0 Å². The third kappa shape index (κ3) is 4.41. The molecule has 2 rings (SSSR count). The lowest BCUT2D eigenvalue weighted by atomic mass is 10.2. The number of likely N-dealkylation sites (N-methyl/N-ethyl adjacent to an activating group) is 1. The van der Waals surface area contributed by atoms with Crippen LogP contribution in [0.25, 0.3) is 0 Å². The lowest BCUT2D eigenvalue weighted by molar-refractivity contribution is -0.115. The number of nitrogens with zero attached hydrogens (tertiary/aromatic N) is 1. The summed E-state index contributed by atoms with van der Waals surface area (Å²) in [7, 11) is 3.15. The average Bonchev–Trinajstić information content (AvgIpc) is 2.59. The van der Waals surface area contributed by atoms with Crippen molar-refractivity contribution in [2.24, 2.45) is 0 Å². The third-order valence-electron chi connectivity index (χ3n) is 3.75. The smallest absolute Gasteiger partial charge is 0.243 e. The molecule has 0 aliphatic rings. The third-order valence-corrected chi connectivity index (χ3v) is 3.75. The number of benzene rings is 2. The summed E-state index contributed by atoms with van der Waals surface area (Å²) >= 11 is 0. The molecular weight excluding hydrogens is 304 g/mol. The second-order valence-corrected chi connectivity index (χ2v) is 5.47. The molecule has 0 radical (unpaired) electrons. The Labute approximate surface area is 143 Å². The van der Waals surface area contributed by atoms with Crippen LogP contribution in [0.4, 0.5) is 11.4 Å². The molecule has 0 unspecified atom stereocenters. The number of nitrogens with one attached hydrogen (secondary N) is 1. The zero-order valence-electron chi connectivity index (χ0n) is 14.6. The maximum atomic E-state index is 12.4. The summed E-state index contributed by atoms with van der Waals surface area (Å²) in [6.07, 6.45) is 0. The molecule has 0 fully saturated rings. The number of rotatable bonds is 7. The minimum Gasteiger partial charge on any atom is -0.493 e. The molecule has 24 heavy (non-hydrogen) atoms. The summed E-state index contributed by atoms with van der Waals surface area (Å²) in [4.78, 5) is 14.4. The predicted octanol–water partition coefficient (Wildman–Crippen LogP) is 3.48. The molecule has 128 valence electrons. The largest absolute Gasteiger partial charge is 0.493 e. The maximum absolute atomic E-state index is 12.4. The molecule has 0 atom stereocenters. The number of carbonyl (C=O) groups excluding carboxylic acids is 1. The van der Waals surface area contributed by atoms with E-state index >= 15 is 0 Å². The monoisotopic (exact) mass is 328 g/mol. The van der Waals surface area contributed by atoms with Gasteiger partial charge in [0.2, 0.25) is 5.91 Å². The molecule has 1 N–H and O–H groups in total. The zero-order valence-corrected chi connectivity index (χ0v) is 14.6. The van der Waals surface area contributed by atoms with Gasteiger partial charge in [0.05, 0.1) is 20.8 Å². The molecule has 2 aromatic rings. The van der Waals surface area contributed by atoms with E-state index in [1.54, 1.807) is 32.4 Å². The normalized spacial score (nSPS) is 10.2. The highest BCUT2D eigenvalue weighted by atomic mass is 16.5. The average molecular weight is 328 g/mol. The fourth-order valence-electron chi connectivity index (χ4n) is 2.50. The van der Waals surface area contributed by atoms with Crippen LogP contribution in [-0.2, 0) is 4.79 Å². The van der Waals surface area contributed by atoms with Crippen molar-refractivity contribution >= 4 is 17.3 Å². The molecule has 1 amide bonds. The lowest BCUT2D eigenvalue weighted by Crippen LogP contribution is -2.33. The van der Waals surface area contributed by atoms with Gasteiger partial charge in [-0.1, -0.05) is 12.1 Å². The Kier molecular flexibility index (Phi) is 6.07. The van der Waals surface area contributed by atoms with Crippen LogP contribution in [0, 0.1) is 6.92 Å². The van der Waals surface area contributed by atoms with Crippen molar-refractivity contribution in [3.05, 3.63) is 48.0 Å². The topological polar surface area (TPSA) is 50.8 Å². The number of hydrogen-bond acceptors (Lipinski definition) is 4. The fourth-order valence-corrected chi connectivity index (χ4v) is 2.50. The van der Waals surface area contributed by atoms with Gasteiger partial charge in [0.1, 0.15) is 0 Å². The van der Waals surface area contributed by atoms with Crippen LogP contribution in [0.1, 0.15) is 12.5 Å². The van der Waals surface area contributed by atoms with Crippen LogP contribution < -0.4 is 19.7 Å². The van der Waals surface area contributed by atoms with Gasteiger partial charge in [-0.15, -0.1) is 0 Å². The van der Waals surface area contributed by atoms with Gasteiger partial charge < -0.3 is 19.7 Å². The van der Waals surface area contributed by atoms with Crippen LogP contribution in [0.5, 0.6) is 11.5 Å². The highest BCUT2D eigenvalue weighted by Crippen LogP contribution is 2.29. The summed E-state index contributed by atoms with van der Waals surface area (Å²) in [6.45, 7) is 5.12. The zero-order chi connectivity index (χ0) is 17.5. The van der Waals surface area contributed by atoms with Gasteiger partial charge in [0.25, 0.3) is 0 Å². The van der Waals surface area contributed by atoms with Gasteiger partial charge in [-0.3, -0.25) is 4.79 Å². The first-order valence-corrected chi connectivity index (χ1v) is 7.90. The second kappa shape index (κ2) is 8.24. The number of aryl methyl sites for hydroxylation is 1. The van der Waals surface area contributed by atoms with Gasteiger partial charge in [0, 0.05) is 24.0 Å². The highest BCUT2D eigenvalue weighted by molar-refractivity contribution is 5.94. The number of amides is 1. The second-order valence-electron chi connectivity index (χ2n) is 5.47. The Balaban J connectivity index is 2.06. The molecule has 0 saturated carbocycles. The summed E-state index contributed by atoms with van der Waals surface area (Å²) < 4.78 is 10.5. The molecule has 5 nitrogen and oxygen atoms in total. The van der Waals surface area contributed by atoms with E-state index in [0.717, 1.165) is 12.2 Å². The summed E-state index contributed by atoms with van der Waals surface area (Å²) in [6, 6.07) is 13.4. The van der Waals surface area contributed by atoms with E-state index in [1.807, 2.05) is 36.9 Å². The molecule has 0 spiro atoms. The lowest BCUT2D eigenvalue weighted by Gasteiger charge is -2.23. The Morgan fingerprint density at radius 1 is 1.08 bits per heavy atom. The van der Waals surface area contributed by atoms with Crippen molar-refractivity contribution in [2.45, 2.75) is 13.8 Å². The van der Waals surface area contributed by atoms with Crippen LogP contribution in [0.2, 0.25) is 0 Å². The van der Waals surface area contributed by atoms with Crippen molar-refractivity contribution < 1.29 is 14.3 Å². The van der Waals surface area contributed by atoms with E-state index in [9.17, 15) is 4.79 Å². The van der Waals surface area contributed by atoms with Crippen molar-refractivity contribution in [3.63, 3.8) is 0 Å². The van der Waals surface area contributed by atoms with Crippen LogP contribution in [-0.4, -0.2) is 33.2 Å². The van der Waals surface area contributed by atoms with Crippen LogP contribution in [0.15, 0.2) is 42.5 Å². The molecule has 5 heteroatoms. The Bertz CT molecular complexity index is 701. The van der Waals surface area contributed by atoms with Gasteiger partial charge in [0.15, 0.2) is 11.5 Å². The van der Waals surface area contributed by atoms with Gasteiger partial charge in [-0.05, 0) is 43.7 Å². The predicted molar refractivity (Wildman–Crippen MR) is 97.2 cm³/mol. The number of hydrogen-bond donors (Lipinski definition) is 1. The Hall–Kier alpha value is -2.69. The van der Waals surface area contributed by atoms with E-state index in [1.165, 1.54) is 5.56 Å². The fraction of sp³-hybridized carbons (Fsp3) is 0.316. The van der Waals surface area contributed by atoms with Crippen molar-refractivity contribution in [1.29, 1.82) is 0 Å². The minimum atomic E-state index is -0.0782. The van der Waals surface area contributed by atoms with E-state index in [-0.39, 0.29) is 12.5 Å². The Morgan fingerprint density at radius 2 is 1.83 bits per heavy atom.